The van der Waals surface area contributed by atoms with Crippen LogP contribution in [-0.2, 0) is 9.53 Å². The van der Waals surface area contributed by atoms with E-state index in [0.29, 0.717) is 22.4 Å². The molecule has 0 amide bonds. The van der Waals surface area contributed by atoms with Crippen LogP contribution in [0.2, 0.25) is 0 Å². The van der Waals surface area contributed by atoms with Crippen LogP contribution in [0.1, 0.15) is 43.9 Å². The Morgan fingerprint density at radius 2 is 1.13 bits per heavy atom. The largest absolute Gasteiger partial charge is 0.457 e. The van der Waals surface area contributed by atoms with E-state index in [0.717, 1.165) is 0 Å². The zero-order valence-corrected chi connectivity index (χ0v) is 16.7. The molecule has 0 N–H and O–H groups in total. The van der Waals surface area contributed by atoms with Gasteiger partial charge in [-0.1, -0.05) is 48.5 Å². The summed E-state index contributed by atoms with van der Waals surface area (Å²) in [5.74, 6) is -1.39. The SMILES string of the molecule is O=C(CCC(=O)c1ccccc1)OCC(=O)c1ccc(OC(=O)c2ccccc2)cc1. The summed E-state index contributed by atoms with van der Waals surface area (Å²) >= 11 is 0. The number of Topliss-reactive ketones (excluding diaryl/α,β-unsaturated/α-hetero) is 2. The summed E-state index contributed by atoms with van der Waals surface area (Å²) < 4.78 is 10.2. The maximum atomic E-state index is 12.2. The van der Waals surface area contributed by atoms with E-state index in [1.165, 1.54) is 24.3 Å². The van der Waals surface area contributed by atoms with E-state index < -0.39 is 24.3 Å². The molecule has 3 aromatic rings. The van der Waals surface area contributed by atoms with Crippen molar-refractivity contribution < 1.29 is 28.7 Å². The van der Waals surface area contributed by atoms with Gasteiger partial charge in [0.05, 0.1) is 12.0 Å². The highest BCUT2D eigenvalue weighted by molar-refractivity contribution is 5.99. The number of hydrogen-bond acceptors (Lipinski definition) is 6. The lowest BCUT2D eigenvalue weighted by atomic mass is 10.1. The molecule has 0 bridgehead atoms. The van der Waals surface area contributed by atoms with Crippen LogP contribution in [0.5, 0.6) is 5.75 Å². The average molecular weight is 416 g/mol. The first-order valence-electron chi connectivity index (χ1n) is 9.67. The zero-order valence-electron chi connectivity index (χ0n) is 16.7. The van der Waals surface area contributed by atoms with Crippen molar-refractivity contribution in [2.45, 2.75) is 12.8 Å². The van der Waals surface area contributed by atoms with Crippen LogP contribution in [0.25, 0.3) is 0 Å². The normalized spacial score (nSPS) is 10.2. The van der Waals surface area contributed by atoms with Gasteiger partial charge in [-0.2, -0.15) is 0 Å². The number of esters is 2. The molecule has 0 radical (unpaired) electrons. The van der Waals surface area contributed by atoms with Gasteiger partial charge >= 0.3 is 11.9 Å². The molecule has 0 aromatic heterocycles. The van der Waals surface area contributed by atoms with Gasteiger partial charge in [-0.3, -0.25) is 14.4 Å². The van der Waals surface area contributed by atoms with Crippen LogP contribution >= 0.6 is 0 Å². The van der Waals surface area contributed by atoms with Crippen LogP contribution in [0.4, 0.5) is 0 Å². The molecule has 0 aliphatic carbocycles. The molecule has 0 saturated carbocycles. The topological polar surface area (TPSA) is 86.7 Å². The molecular formula is C25H20O6. The Balaban J connectivity index is 1.44. The molecule has 0 spiro atoms. The molecule has 0 atom stereocenters. The molecule has 0 heterocycles. The third-order valence-corrected chi connectivity index (χ3v) is 4.41. The molecule has 0 aliphatic heterocycles. The van der Waals surface area contributed by atoms with Crippen LogP contribution in [0.3, 0.4) is 0 Å². The Labute approximate surface area is 179 Å². The van der Waals surface area contributed by atoms with E-state index in [4.69, 9.17) is 9.47 Å². The maximum Gasteiger partial charge on any atom is 0.343 e. The maximum absolute atomic E-state index is 12.2. The lowest BCUT2D eigenvalue weighted by Crippen LogP contribution is -2.15. The number of carbonyl (C=O) groups excluding carboxylic acids is 4. The molecule has 156 valence electrons. The first kappa shape index (κ1) is 21.6. The minimum atomic E-state index is -0.619. The molecular weight excluding hydrogens is 396 g/mol. The third kappa shape index (κ3) is 6.47. The number of ether oxygens (including phenoxy) is 2. The number of ketones is 2. The van der Waals surface area contributed by atoms with Crippen molar-refractivity contribution in [3.05, 3.63) is 102 Å². The standard InChI is InChI=1S/C25H20O6/c26-22(18-7-3-1-4-8-18)15-16-24(28)30-17-23(27)19-11-13-21(14-12-19)31-25(29)20-9-5-2-6-10-20/h1-14H,15-17H2. The molecule has 0 saturated heterocycles. The van der Waals surface area contributed by atoms with E-state index >= 15 is 0 Å². The third-order valence-electron chi connectivity index (χ3n) is 4.41. The number of benzene rings is 3. The quantitative estimate of drug-likeness (QED) is 0.294. The second kappa shape index (κ2) is 10.6. The first-order valence-corrected chi connectivity index (χ1v) is 9.67. The van der Waals surface area contributed by atoms with Gasteiger partial charge in [0.15, 0.2) is 18.2 Å². The highest BCUT2D eigenvalue weighted by Crippen LogP contribution is 2.15. The van der Waals surface area contributed by atoms with Gasteiger partial charge < -0.3 is 9.47 Å². The predicted octanol–water partition coefficient (Wildman–Crippen LogP) is 4.29. The van der Waals surface area contributed by atoms with Crippen molar-refractivity contribution in [2.75, 3.05) is 6.61 Å². The molecule has 6 nitrogen and oxygen atoms in total. The Kier molecular flexibility index (Phi) is 7.43. The van der Waals surface area contributed by atoms with Crippen molar-refractivity contribution in [3.8, 4) is 5.75 Å². The second-order valence-corrected chi connectivity index (χ2v) is 6.65. The highest BCUT2D eigenvalue weighted by atomic mass is 16.5. The minimum absolute atomic E-state index is 0.0124. The van der Waals surface area contributed by atoms with Crippen LogP contribution in [-0.4, -0.2) is 30.1 Å². The lowest BCUT2D eigenvalue weighted by Gasteiger charge is -2.07. The summed E-state index contributed by atoms with van der Waals surface area (Å²) in [5.41, 5.74) is 1.26. The van der Waals surface area contributed by atoms with Crippen molar-refractivity contribution in [1.29, 1.82) is 0 Å². The predicted molar refractivity (Wildman–Crippen MR) is 113 cm³/mol. The lowest BCUT2D eigenvalue weighted by molar-refractivity contribution is -0.142. The fourth-order valence-corrected chi connectivity index (χ4v) is 2.73. The second-order valence-electron chi connectivity index (χ2n) is 6.65. The van der Waals surface area contributed by atoms with Gasteiger partial charge in [-0.05, 0) is 36.4 Å². The summed E-state index contributed by atoms with van der Waals surface area (Å²) in [4.78, 5) is 48.1. The molecule has 6 heteroatoms. The molecule has 3 aromatic carbocycles. The molecule has 0 unspecified atom stereocenters. The Hall–Kier alpha value is -4.06. The molecule has 31 heavy (non-hydrogen) atoms. The van der Waals surface area contributed by atoms with Crippen molar-refractivity contribution in [3.63, 3.8) is 0 Å². The summed E-state index contributed by atoms with van der Waals surface area (Å²) in [5, 5.41) is 0. The van der Waals surface area contributed by atoms with E-state index in [9.17, 15) is 19.2 Å². The summed E-state index contributed by atoms with van der Waals surface area (Å²) in [6.45, 7) is -0.429. The van der Waals surface area contributed by atoms with Gasteiger partial charge in [-0.15, -0.1) is 0 Å². The van der Waals surface area contributed by atoms with Crippen LogP contribution < -0.4 is 4.74 Å². The van der Waals surface area contributed by atoms with Gasteiger partial charge in [-0.25, -0.2) is 4.79 Å². The minimum Gasteiger partial charge on any atom is -0.457 e. The van der Waals surface area contributed by atoms with Gasteiger partial charge in [0.1, 0.15) is 5.75 Å². The Bertz CT molecular complexity index is 1060. The van der Waals surface area contributed by atoms with Gasteiger partial charge in [0.25, 0.3) is 0 Å². The number of carbonyl (C=O) groups is 4. The fraction of sp³-hybridized carbons (Fsp3) is 0.120. The number of rotatable bonds is 9. The van der Waals surface area contributed by atoms with Crippen LogP contribution in [0.15, 0.2) is 84.9 Å². The first-order chi connectivity index (χ1) is 15.0. The van der Waals surface area contributed by atoms with E-state index in [1.807, 2.05) is 0 Å². The van der Waals surface area contributed by atoms with Crippen molar-refractivity contribution in [2.24, 2.45) is 0 Å². The average Bonchev–Trinajstić information content (AvgIpc) is 2.82. The van der Waals surface area contributed by atoms with E-state index in [-0.39, 0.29) is 18.6 Å². The smallest absolute Gasteiger partial charge is 0.343 e. The molecule has 3 rings (SSSR count). The number of hydrogen-bond donors (Lipinski definition) is 0. The summed E-state index contributed by atoms with van der Waals surface area (Å²) in [7, 11) is 0. The Morgan fingerprint density at radius 1 is 0.581 bits per heavy atom. The van der Waals surface area contributed by atoms with Crippen molar-refractivity contribution >= 4 is 23.5 Å². The highest BCUT2D eigenvalue weighted by Gasteiger charge is 2.14. The van der Waals surface area contributed by atoms with Crippen molar-refractivity contribution in [1.82, 2.24) is 0 Å². The zero-order chi connectivity index (χ0) is 22.1. The van der Waals surface area contributed by atoms with Crippen LogP contribution in [0, 0.1) is 0 Å². The van der Waals surface area contributed by atoms with E-state index in [1.54, 1.807) is 60.7 Å². The summed E-state index contributed by atoms with van der Waals surface area (Å²) in [6, 6.07) is 23.2. The Morgan fingerprint density at radius 3 is 1.74 bits per heavy atom. The van der Waals surface area contributed by atoms with Gasteiger partial charge in [0, 0.05) is 17.5 Å². The van der Waals surface area contributed by atoms with E-state index in [2.05, 4.69) is 0 Å². The summed E-state index contributed by atoms with van der Waals surface area (Å²) in [6.07, 6.45) is -0.0894. The molecule has 0 aliphatic rings. The molecule has 0 fully saturated rings. The van der Waals surface area contributed by atoms with Gasteiger partial charge in [0.2, 0.25) is 0 Å². The monoisotopic (exact) mass is 416 g/mol. The fourth-order valence-electron chi connectivity index (χ4n) is 2.73.